The highest BCUT2D eigenvalue weighted by atomic mass is 16.3. The van der Waals surface area contributed by atoms with Crippen LogP contribution < -0.4 is 26.2 Å². The molecule has 3 aliphatic heterocycles. The lowest BCUT2D eigenvalue weighted by molar-refractivity contribution is -0.136. The number of nitrogens with one attached hydrogen (secondary N) is 4. The molecule has 0 aliphatic carbocycles. The molecule has 3 aromatic heterocycles. The molecule has 3 aliphatic rings. The van der Waals surface area contributed by atoms with Crippen molar-refractivity contribution in [3.63, 3.8) is 0 Å². The van der Waals surface area contributed by atoms with E-state index in [1.165, 1.54) is 11.8 Å². The van der Waals surface area contributed by atoms with E-state index < -0.39 is 29.7 Å². The Morgan fingerprint density at radius 2 is 1.71 bits per heavy atom. The summed E-state index contributed by atoms with van der Waals surface area (Å²) in [4.78, 5) is 73.4. The standard InChI is InChI=1S/C41H45N11O6/c53-34-15-14-33(38(55)47-34)52-39(56)30-8-5-9-32(36(30)40(52)57)43-25-35(54)42-16-3-1-2-4-17-49-18-20-50(21-19-49)28-12-10-27(11-13-28)31-24-45-41(51-26-46-48-37(31)51)44-23-29-7-6-22-58-29/h5-13,22,24,26,33,43H,1-4,14-21,23,25H2,(H,42,54)(H,44,45)(H,47,53,55). The summed E-state index contributed by atoms with van der Waals surface area (Å²) in [7, 11) is 0. The average molecular weight is 788 g/mol. The Bertz CT molecular complexity index is 2300. The number of piperazine rings is 1. The van der Waals surface area contributed by atoms with E-state index in [9.17, 15) is 24.0 Å². The van der Waals surface area contributed by atoms with Crippen molar-refractivity contribution in [1.29, 1.82) is 0 Å². The molecule has 300 valence electrons. The number of hydrogen-bond acceptors (Lipinski definition) is 13. The minimum absolute atomic E-state index is 0.0450. The van der Waals surface area contributed by atoms with Gasteiger partial charge in [0.15, 0.2) is 5.65 Å². The fourth-order valence-corrected chi connectivity index (χ4v) is 7.76. The maximum absolute atomic E-state index is 13.3. The zero-order valence-electron chi connectivity index (χ0n) is 32.0. The molecule has 5 aromatic rings. The number of anilines is 3. The molecule has 0 spiro atoms. The minimum Gasteiger partial charge on any atom is -0.467 e. The third kappa shape index (κ3) is 8.25. The molecular formula is C41H45N11O6. The number of furan rings is 1. The first-order chi connectivity index (χ1) is 28.3. The van der Waals surface area contributed by atoms with Gasteiger partial charge in [-0.15, -0.1) is 10.2 Å². The van der Waals surface area contributed by atoms with Gasteiger partial charge in [-0.3, -0.25) is 43.5 Å². The third-order valence-electron chi connectivity index (χ3n) is 10.9. The number of unbranched alkanes of at least 4 members (excludes halogenated alkanes) is 3. The Labute approximate surface area is 334 Å². The summed E-state index contributed by atoms with van der Waals surface area (Å²) < 4.78 is 7.27. The van der Waals surface area contributed by atoms with Crippen molar-refractivity contribution < 1.29 is 28.4 Å². The van der Waals surface area contributed by atoms with Crippen molar-refractivity contribution in [2.75, 3.05) is 61.3 Å². The zero-order chi connectivity index (χ0) is 40.0. The topological polar surface area (TPSA) is 199 Å². The predicted molar refractivity (Wildman–Crippen MR) is 214 cm³/mol. The molecule has 6 heterocycles. The lowest BCUT2D eigenvalue weighted by atomic mass is 10.0. The van der Waals surface area contributed by atoms with Crippen molar-refractivity contribution in [3.8, 4) is 11.1 Å². The van der Waals surface area contributed by atoms with Gasteiger partial charge in [-0.25, -0.2) is 4.98 Å². The van der Waals surface area contributed by atoms with Crippen molar-refractivity contribution in [2.45, 2.75) is 51.1 Å². The van der Waals surface area contributed by atoms with Gasteiger partial charge in [-0.05, 0) is 67.8 Å². The SMILES string of the molecule is O=C(CNc1cccc2c1C(=O)N(C1CCC(=O)NC1=O)C2=O)NCCCCCCN1CCN(c2ccc(-c3cnc(NCc4ccco4)n4cnnc34)cc2)CC1. The first-order valence-corrected chi connectivity index (χ1v) is 19.7. The van der Waals surface area contributed by atoms with Gasteiger partial charge in [0.25, 0.3) is 11.8 Å². The van der Waals surface area contributed by atoms with Gasteiger partial charge in [0, 0.05) is 62.3 Å². The van der Waals surface area contributed by atoms with Crippen molar-refractivity contribution in [2.24, 2.45) is 0 Å². The zero-order valence-corrected chi connectivity index (χ0v) is 32.0. The van der Waals surface area contributed by atoms with Crippen LogP contribution in [0, 0.1) is 0 Å². The average Bonchev–Trinajstić information content (AvgIpc) is 4.01. The molecule has 8 rings (SSSR count). The van der Waals surface area contributed by atoms with Crippen molar-refractivity contribution >= 4 is 52.5 Å². The number of carbonyl (C=O) groups is 5. The third-order valence-corrected chi connectivity index (χ3v) is 10.9. The Balaban J connectivity index is 0.715. The molecular weight excluding hydrogens is 743 g/mol. The van der Waals surface area contributed by atoms with Crippen LogP contribution in [0.3, 0.4) is 0 Å². The summed E-state index contributed by atoms with van der Waals surface area (Å²) in [5.41, 5.74) is 4.48. The molecule has 17 heteroatoms. The number of benzene rings is 2. The number of rotatable bonds is 16. The summed E-state index contributed by atoms with van der Waals surface area (Å²) in [6, 6.07) is 16.0. The number of carbonyl (C=O) groups excluding carboxylic acids is 5. The summed E-state index contributed by atoms with van der Waals surface area (Å²) in [6.07, 6.45) is 9.27. The van der Waals surface area contributed by atoms with Crippen LogP contribution in [-0.4, -0.2) is 111 Å². The molecule has 58 heavy (non-hydrogen) atoms. The van der Waals surface area contributed by atoms with Crippen LogP contribution in [0.25, 0.3) is 16.8 Å². The molecule has 2 aromatic carbocycles. The number of fused-ring (bicyclic) bond motifs is 2. The summed E-state index contributed by atoms with van der Waals surface area (Å²) >= 11 is 0. The number of imide groups is 2. The highest BCUT2D eigenvalue weighted by molar-refractivity contribution is 6.25. The Morgan fingerprint density at radius 3 is 2.50 bits per heavy atom. The monoisotopic (exact) mass is 787 g/mol. The lowest BCUT2D eigenvalue weighted by Gasteiger charge is -2.36. The molecule has 2 fully saturated rings. The van der Waals surface area contributed by atoms with E-state index in [4.69, 9.17) is 4.42 Å². The number of nitrogens with zero attached hydrogens (tertiary/aromatic N) is 7. The van der Waals surface area contributed by atoms with Gasteiger partial charge >= 0.3 is 0 Å². The maximum atomic E-state index is 13.3. The van der Waals surface area contributed by atoms with Crippen molar-refractivity contribution in [3.05, 3.63) is 90.3 Å². The fourth-order valence-electron chi connectivity index (χ4n) is 7.76. The molecule has 0 radical (unpaired) electrons. The van der Waals surface area contributed by atoms with Crippen molar-refractivity contribution in [1.82, 2.24) is 40.0 Å². The van der Waals surface area contributed by atoms with Crippen LogP contribution in [0.4, 0.5) is 17.3 Å². The van der Waals surface area contributed by atoms with Gasteiger partial charge in [0.1, 0.15) is 18.1 Å². The number of amides is 5. The van der Waals surface area contributed by atoms with Gasteiger partial charge in [0.2, 0.25) is 23.7 Å². The van der Waals surface area contributed by atoms with Gasteiger partial charge in [0.05, 0.1) is 30.5 Å². The number of hydrogen-bond donors (Lipinski definition) is 4. The van der Waals surface area contributed by atoms with Crippen LogP contribution in [0.15, 0.2) is 77.8 Å². The van der Waals surface area contributed by atoms with E-state index >= 15 is 0 Å². The lowest BCUT2D eigenvalue weighted by Crippen LogP contribution is -2.54. The predicted octanol–water partition coefficient (Wildman–Crippen LogP) is 3.31. The highest BCUT2D eigenvalue weighted by Crippen LogP contribution is 2.32. The van der Waals surface area contributed by atoms with E-state index in [0.29, 0.717) is 24.7 Å². The van der Waals surface area contributed by atoms with E-state index in [-0.39, 0.29) is 36.4 Å². The Morgan fingerprint density at radius 1 is 0.879 bits per heavy atom. The molecule has 2 saturated heterocycles. The van der Waals surface area contributed by atoms with E-state index in [1.54, 1.807) is 24.7 Å². The number of piperidine rings is 1. The van der Waals surface area contributed by atoms with E-state index in [1.807, 2.05) is 22.7 Å². The molecule has 17 nitrogen and oxygen atoms in total. The quantitative estimate of drug-likeness (QED) is 0.0840. The second kappa shape index (κ2) is 17.3. The largest absolute Gasteiger partial charge is 0.467 e. The summed E-state index contributed by atoms with van der Waals surface area (Å²) in [5.74, 6) is -1.07. The normalized spacial score (nSPS) is 17.1. The van der Waals surface area contributed by atoms with Gasteiger partial charge < -0.3 is 25.3 Å². The second-order valence-corrected chi connectivity index (χ2v) is 14.6. The molecule has 5 amide bonds. The van der Waals surface area contributed by atoms with Gasteiger partial charge in [-0.1, -0.05) is 31.0 Å². The van der Waals surface area contributed by atoms with Crippen LogP contribution in [0.1, 0.15) is 65.0 Å². The van der Waals surface area contributed by atoms with Crippen LogP contribution >= 0.6 is 0 Å². The van der Waals surface area contributed by atoms with Crippen LogP contribution in [-0.2, 0) is 20.9 Å². The van der Waals surface area contributed by atoms with E-state index in [2.05, 4.69) is 70.5 Å². The van der Waals surface area contributed by atoms with E-state index in [0.717, 1.165) is 85.8 Å². The van der Waals surface area contributed by atoms with Crippen LogP contribution in [0.5, 0.6) is 0 Å². The number of aromatic nitrogens is 4. The first-order valence-electron chi connectivity index (χ1n) is 19.7. The van der Waals surface area contributed by atoms with Crippen LogP contribution in [0.2, 0.25) is 0 Å². The van der Waals surface area contributed by atoms with Gasteiger partial charge in [-0.2, -0.15) is 0 Å². The molecule has 1 atom stereocenters. The fraction of sp³-hybridized carbons (Fsp3) is 0.366. The molecule has 4 N–H and O–H groups in total. The molecule has 1 unspecified atom stereocenters. The summed E-state index contributed by atoms with van der Waals surface area (Å²) in [5, 5.41) is 19.9. The summed E-state index contributed by atoms with van der Waals surface area (Å²) in [6.45, 7) is 5.94. The molecule has 0 bridgehead atoms. The highest BCUT2D eigenvalue weighted by Gasteiger charge is 2.45. The second-order valence-electron chi connectivity index (χ2n) is 14.6. The minimum atomic E-state index is -1.05. The Hall–Kier alpha value is -6.62. The molecule has 0 saturated carbocycles. The smallest absolute Gasteiger partial charge is 0.264 e. The maximum Gasteiger partial charge on any atom is 0.264 e. The Kier molecular flexibility index (Phi) is 11.4. The first kappa shape index (κ1) is 38.3.